The molecule has 0 aliphatic rings. The van der Waals surface area contributed by atoms with E-state index in [9.17, 15) is 27.2 Å². The van der Waals surface area contributed by atoms with Crippen LogP contribution in [0.1, 0.15) is 17.2 Å². The molecule has 0 saturated carbocycles. The molecule has 29 heavy (non-hydrogen) atoms. The van der Waals surface area contributed by atoms with Gasteiger partial charge in [0.05, 0.1) is 13.5 Å². The fraction of sp³-hybridized carbons (Fsp3) is 0.300. The maximum Gasteiger partial charge on any atom is 0.411 e. The maximum absolute atomic E-state index is 13.0. The van der Waals surface area contributed by atoms with Crippen molar-refractivity contribution in [1.29, 1.82) is 0 Å². The molecule has 0 N–H and O–H groups in total. The predicted octanol–water partition coefficient (Wildman–Crippen LogP) is 3.77. The lowest BCUT2D eigenvalue weighted by Gasteiger charge is -2.26. The first-order valence-corrected chi connectivity index (χ1v) is 8.44. The van der Waals surface area contributed by atoms with Gasteiger partial charge in [0.2, 0.25) is 6.10 Å². The number of halogens is 4. The third-order valence-electron chi connectivity index (χ3n) is 3.78. The molecule has 0 heterocycles. The normalized spacial score (nSPS) is 13.4. The van der Waals surface area contributed by atoms with Gasteiger partial charge in [0, 0.05) is 0 Å². The summed E-state index contributed by atoms with van der Waals surface area (Å²) in [7, 11) is 1.01. The van der Waals surface area contributed by atoms with Crippen LogP contribution < -0.4 is 0 Å². The smallest absolute Gasteiger partial charge is 0.411 e. The Hall–Kier alpha value is -2.94. The van der Waals surface area contributed by atoms with Gasteiger partial charge in [-0.05, 0) is 23.3 Å². The van der Waals surface area contributed by atoms with Gasteiger partial charge < -0.3 is 14.2 Å². The quantitative estimate of drug-likeness (QED) is 0.486. The lowest BCUT2D eigenvalue weighted by molar-refractivity contribution is -0.207. The Bertz CT molecular complexity index is 806. The molecule has 0 bridgehead atoms. The van der Waals surface area contributed by atoms with Gasteiger partial charge in [0.1, 0.15) is 18.5 Å². The van der Waals surface area contributed by atoms with Gasteiger partial charge in [-0.1, -0.05) is 42.5 Å². The summed E-state index contributed by atoms with van der Waals surface area (Å²) in [4.78, 5) is 24.4. The van der Waals surface area contributed by atoms with Gasteiger partial charge in [0.25, 0.3) is 0 Å². The van der Waals surface area contributed by atoms with Gasteiger partial charge in [-0.15, -0.1) is 0 Å². The highest BCUT2D eigenvalue weighted by atomic mass is 19.4. The Morgan fingerprint density at radius 1 is 1.00 bits per heavy atom. The average molecular weight is 414 g/mol. The molecule has 0 aliphatic heterocycles. The molecule has 0 amide bonds. The summed E-state index contributed by atoms with van der Waals surface area (Å²) in [5.41, 5.74) is 0.592. The van der Waals surface area contributed by atoms with Crippen molar-refractivity contribution in [2.24, 2.45) is 0 Å². The standard InChI is InChI=1S/C20H18F4O5/c1-27-19(26)18(29-16(25)11-13-7-9-15(21)10-8-13)17(28-12-20(22,23)24)14-5-3-2-4-6-14/h2-10,17-18H,11-12H2,1H3/t17-,18-/m1/s1. The number of carbonyl (C=O) groups excluding carboxylic acids is 2. The van der Waals surface area contributed by atoms with E-state index >= 15 is 0 Å². The Morgan fingerprint density at radius 3 is 2.17 bits per heavy atom. The first kappa shape index (κ1) is 22.4. The molecular weight excluding hydrogens is 396 g/mol. The molecule has 0 saturated heterocycles. The Labute approximate surface area is 164 Å². The Kier molecular flexibility index (Phi) is 7.72. The fourth-order valence-electron chi connectivity index (χ4n) is 2.49. The average Bonchev–Trinajstić information content (AvgIpc) is 2.68. The molecule has 0 aliphatic carbocycles. The van der Waals surface area contributed by atoms with E-state index in [0.29, 0.717) is 5.56 Å². The van der Waals surface area contributed by atoms with Crippen LogP contribution in [0.5, 0.6) is 0 Å². The van der Waals surface area contributed by atoms with Crippen molar-refractivity contribution in [2.75, 3.05) is 13.7 Å². The topological polar surface area (TPSA) is 61.8 Å². The van der Waals surface area contributed by atoms with Crippen molar-refractivity contribution in [3.05, 3.63) is 71.5 Å². The highest BCUT2D eigenvalue weighted by Crippen LogP contribution is 2.28. The summed E-state index contributed by atoms with van der Waals surface area (Å²) in [6.45, 7) is -1.66. The minimum Gasteiger partial charge on any atom is -0.466 e. The number of ether oxygens (including phenoxy) is 3. The first-order chi connectivity index (χ1) is 13.7. The minimum atomic E-state index is -4.66. The summed E-state index contributed by atoms with van der Waals surface area (Å²) in [6.07, 6.45) is -8.29. The van der Waals surface area contributed by atoms with E-state index in [4.69, 9.17) is 9.47 Å². The number of alkyl halides is 3. The van der Waals surface area contributed by atoms with E-state index in [0.717, 1.165) is 19.2 Å². The number of hydrogen-bond donors (Lipinski definition) is 0. The van der Waals surface area contributed by atoms with Crippen molar-refractivity contribution in [3.63, 3.8) is 0 Å². The van der Waals surface area contributed by atoms with Gasteiger partial charge in [-0.2, -0.15) is 13.2 Å². The van der Waals surface area contributed by atoms with Crippen molar-refractivity contribution >= 4 is 11.9 Å². The molecule has 2 aromatic carbocycles. The van der Waals surface area contributed by atoms with Crippen LogP contribution in [0.3, 0.4) is 0 Å². The van der Waals surface area contributed by atoms with Crippen LogP contribution in [-0.2, 0) is 30.2 Å². The SMILES string of the molecule is COC(=O)[C@H](OC(=O)Cc1ccc(F)cc1)[C@H](OCC(F)(F)F)c1ccccc1. The van der Waals surface area contributed by atoms with E-state index in [2.05, 4.69) is 4.74 Å². The molecule has 0 unspecified atom stereocenters. The van der Waals surface area contributed by atoms with Crippen molar-refractivity contribution in [1.82, 2.24) is 0 Å². The minimum absolute atomic E-state index is 0.196. The number of benzene rings is 2. The maximum atomic E-state index is 13.0. The molecule has 5 nitrogen and oxygen atoms in total. The lowest BCUT2D eigenvalue weighted by Crippen LogP contribution is -2.37. The van der Waals surface area contributed by atoms with E-state index in [1.54, 1.807) is 6.07 Å². The second-order valence-corrected chi connectivity index (χ2v) is 5.99. The third-order valence-corrected chi connectivity index (χ3v) is 3.78. The number of hydrogen-bond acceptors (Lipinski definition) is 5. The predicted molar refractivity (Wildman–Crippen MR) is 93.2 cm³/mol. The monoisotopic (exact) mass is 414 g/mol. The summed E-state index contributed by atoms with van der Waals surface area (Å²) in [5, 5.41) is 0. The molecule has 2 atom stereocenters. The van der Waals surface area contributed by atoms with Crippen molar-refractivity contribution < 1.29 is 41.4 Å². The summed E-state index contributed by atoms with van der Waals surface area (Å²) in [6, 6.07) is 12.5. The number of rotatable bonds is 8. The number of methoxy groups -OCH3 is 1. The zero-order valence-electron chi connectivity index (χ0n) is 15.3. The van der Waals surface area contributed by atoms with Gasteiger partial charge >= 0.3 is 18.1 Å². The first-order valence-electron chi connectivity index (χ1n) is 8.44. The lowest BCUT2D eigenvalue weighted by atomic mass is 10.0. The molecule has 0 fully saturated rings. The Balaban J connectivity index is 2.23. The molecular formula is C20H18F4O5. The van der Waals surface area contributed by atoms with Gasteiger partial charge in [-0.3, -0.25) is 4.79 Å². The Morgan fingerprint density at radius 2 is 1.62 bits per heavy atom. The zero-order valence-corrected chi connectivity index (χ0v) is 15.3. The van der Waals surface area contributed by atoms with Crippen LogP contribution in [0.2, 0.25) is 0 Å². The number of esters is 2. The summed E-state index contributed by atoms with van der Waals surface area (Å²) >= 11 is 0. The highest BCUT2D eigenvalue weighted by molar-refractivity contribution is 5.81. The van der Waals surface area contributed by atoms with Crippen molar-refractivity contribution in [2.45, 2.75) is 24.8 Å². The second kappa shape index (κ2) is 10.0. The van der Waals surface area contributed by atoms with Crippen LogP contribution in [0.25, 0.3) is 0 Å². The summed E-state index contributed by atoms with van der Waals surface area (Å²) < 4.78 is 65.6. The van der Waals surface area contributed by atoms with Crippen LogP contribution in [0, 0.1) is 5.82 Å². The highest BCUT2D eigenvalue weighted by Gasteiger charge is 2.38. The van der Waals surface area contributed by atoms with E-state index in [1.165, 1.54) is 36.4 Å². The van der Waals surface area contributed by atoms with E-state index in [-0.39, 0.29) is 12.0 Å². The van der Waals surface area contributed by atoms with Crippen LogP contribution in [0.4, 0.5) is 17.6 Å². The molecule has 2 aromatic rings. The second-order valence-electron chi connectivity index (χ2n) is 5.99. The van der Waals surface area contributed by atoms with E-state index in [1.807, 2.05) is 0 Å². The van der Waals surface area contributed by atoms with Crippen LogP contribution in [0.15, 0.2) is 54.6 Å². The van der Waals surface area contributed by atoms with Gasteiger partial charge in [0.15, 0.2) is 0 Å². The molecule has 2 rings (SSSR count). The van der Waals surface area contributed by atoms with Crippen molar-refractivity contribution in [3.8, 4) is 0 Å². The summed E-state index contributed by atoms with van der Waals surface area (Å²) in [5.74, 6) is -2.49. The number of carbonyl (C=O) groups is 2. The third kappa shape index (κ3) is 7.19. The molecule has 0 spiro atoms. The van der Waals surface area contributed by atoms with Crippen LogP contribution in [-0.4, -0.2) is 37.9 Å². The molecule has 0 aromatic heterocycles. The molecule has 9 heteroatoms. The van der Waals surface area contributed by atoms with Gasteiger partial charge in [-0.25, -0.2) is 9.18 Å². The zero-order chi connectivity index (χ0) is 21.4. The van der Waals surface area contributed by atoms with E-state index < -0.39 is 42.7 Å². The largest absolute Gasteiger partial charge is 0.466 e. The molecule has 0 radical (unpaired) electrons. The fourth-order valence-corrected chi connectivity index (χ4v) is 2.49. The van der Waals surface area contributed by atoms with Crippen LogP contribution >= 0.6 is 0 Å². The molecule has 156 valence electrons.